The number of urea groups is 1. The smallest absolute Gasteiger partial charge is 0.321 e. The summed E-state index contributed by atoms with van der Waals surface area (Å²) in [4.78, 5) is 59.3. The topological polar surface area (TPSA) is 592 Å². The molecule has 6 aromatic rings. The van der Waals surface area contributed by atoms with E-state index in [1.165, 1.54) is 0 Å². The van der Waals surface area contributed by atoms with Crippen LogP contribution in [0.2, 0.25) is 0 Å². The quantitative estimate of drug-likeness (QED) is 0.0281. The van der Waals surface area contributed by atoms with E-state index in [1.54, 1.807) is 0 Å². The Balaban J connectivity index is -0.00000990. The fourth-order valence-corrected chi connectivity index (χ4v) is 11.9. The van der Waals surface area contributed by atoms with Crippen LogP contribution in [0.5, 0.6) is 0 Å². The van der Waals surface area contributed by atoms with Gasteiger partial charge in [0.05, 0.1) is 42.3 Å². The molecule has 6 rings (SSSR count). The molecule has 0 spiro atoms. The van der Waals surface area contributed by atoms with Crippen LogP contribution in [0, 0.1) is 0 Å². The van der Waals surface area contributed by atoms with Gasteiger partial charge in [0.15, 0.2) is 0 Å². The van der Waals surface area contributed by atoms with Crippen molar-refractivity contribution < 1.29 is 364 Å². The molecule has 0 saturated heterocycles. The fourth-order valence-electron chi connectivity index (χ4n) is 6.91. The third-order valence-electron chi connectivity index (χ3n) is 10.5. The van der Waals surface area contributed by atoms with Crippen molar-refractivity contribution in [2.45, 2.75) is 39.2 Å². The van der Waals surface area contributed by atoms with Crippen LogP contribution in [0.4, 0.5) is 38.9 Å². The minimum atomic E-state index is -5.48. The summed E-state index contributed by atoms with van der Waals surface area (Å²) in [5, 5.41) is 12.0. The molecule has 6 aromatic carbocycles. The van der Waals surface area contributed by atoms with E-state index >= 15 is 0 Å². The van der Waals surface area contributed by atoms with Crippen molar-refractivity contribution in [3.8, 4) is 0 Å². The molecule has 6 amide bonds. The maximum Gasteiger partial charge on any atom is 1.00 e. The number of carbonyl (C=O) groups excluding carboxylic acids is 5. The molecule has 14 N–H and O–H groups in total. The van der Waals surface area contributed by atoms with Crippen LogP contribution >= 0.6 is 0 Å². The molecule has 0 aliphatic rings. The summed E-state index contributed by atoms with van der Waals surface area (Å²) in [5.74, 6) is -6.01. The summed E-state index contributed by atoms with van der Waals surface area (Å²) in [5.41, 5.74) is -8.35. The summed E-state index contributed by atoms with van der Waals surface area (Å²) in [6.07, 6.45) is 0. The molecule has 0 unspecified atom stereocenters. The van der Waals surface area contributed by atoms with Crippen molar-refractivity contribution in [2.75, 3.05) is 31.9 Å². The van der Waals surface area contributed by atoms with Gasteiger partial charge < -0.3 is 31.9 Å². The van der Waals surface area contributed by atoms with Crippen LogP contribution in [0.1, 0.15) is 41.4 Å². The number of anilines is 6. The van der Waals surface area contributed by atoms with Crippen molar-refractivity contribution in [3.63, 3.8) is 0 Å². The van der Waals surface area contributed by atoms with E-state index in [1.807, 2.05) is 21.3 Å². The Hall–Kier alpha value is -0.250. The number of nitrogens with one attached hydrogen (secondary N) is 6. The first-order valence-electron chi connectivity index (χ1n) is 21.2. The van der Waals surface area contributed by atoms with E-state index in [0.29, 0.717) is 84.9 Å². The molecule has 51 heteroatoms. The zero-order valence-electron chi connectivity index (χ0n) is 48.3. The van der Waals surface area contributed by atoms with Crippen molar-refractivity contribution in [1.29, 1.82) is 0 Å². The number of hydrogen-bond acceptors (Lipinski definition) is 21. The minimum absolute atomic E-state index is 0. The molecular weight excluding hydrogens is 1480 g/mol. The number of benzene rings is 6. The standard InChI is InChI=1S/C41H32N6O29S8.8Na/c48-37(44-29-5-1-25(77(53,54)55)15-33(29)81(65,66)67)19-9-20(38(49)45-30-6-2-26(78(56,57)58)16-34(30)82(68,69)70)12-23(11-19)42-41(52)43-24-13-21(39(50)46-31-7-3-27(79(59,60)61)17-35(31)83(71,72)73)10-22(14-24)40(51)47-32-8-4-28(80(62,63)64)18-36(32)84(74,75)76;;;;;;;;/h1-18H,(H,44,48)(H,45,49)(H,46,50)(H,47,51)(H2,42,43,52)(H,53,54,55)(H,56,57,58)(H,59,60,61)(H,62,63,64)(H,65,66,67)(H,68,69,70)(H,71,72,73)(H,74,75,76);;;;;;;;/q;8*+1. The van der Waals surface area contributed by atoms with Gasteiger partial charge >= 0.3 is 242 Å². The Kier molecular flexibility index (Phi) is 38.5. The molecule has 0 aliphatic carbocycles. The Morgan fingerprint density at radius 3 is 0.565 bits per heavy atom. The van der Waals surface area contributed by atoms with Gasteiger partial charge in [-0.3, -0.25) is 55.6 Å². The number of hydrogen-bond donors (Lipinski definition) is 14. The van der Waals surface area contributed by atoms with Crippen LogP contribution in [0.15, 0.2) is 148 Å². The molecule has 448 valence electrons. The van der Waals surface area contributed by atoms with Crippen molar-refractivity contribution >= 4 is 145 Å². The molecule has 0 heterocycles. The first kappa shape index (κ1) is 95.9. The van der Waals surface area contributed by atoms with Crippen LogP contribution in [-0.4, -0.2) is 133 Å². The van der Waals surface area contributed by atoms with E-state index < -0.39 is 206 Å². The molecule has 0 aromatic heterocycles. The molecular formula is C41H32N6Na8O29S8+8. The average molecular weight is 1510 g/mol. The van der Waals surface area contributed by atoms with Crippen molar-refractivity contribution in [2.24, 2.45) is 0 Å². The largest absolute Gasteiger partial charge is 1.00 e. The SMILES string of the molecule is O=C(Nc1cc(C(=O)Nc2ccc(S(=O)(=O)O)cc2S(=O)(=O)O)cc(C(=O)Nc2ccc(S(=O)(=O)O)cc2S(=O)(=O)O)c1)Nc1cc(C(=O)Nc2ccc(S(=O)(=O)O)cc2S(=O)(=O)O)cc(C(=O)Nc2ccc(S(=O)(=O)O)cc2S(=O)(=O)O)c1.[Na+].[Na+].[Na+].[Na+].[Na+].[Na+].[Na+].[Na+]. The number of carbonyl (C=O) groups is 5. The molecule has 0 fully saturated rings. The third kappa shape index (κ3) is 26.4. The van der Waals surface area contributed by atoms with Crippen LogP contribution in [0.25, 0.3) is 0 Å². The van der Waals surface area contributed by atoms with E-state index in [2.05, 4.69) is 10.6 Å². The van der Waals surface area contributed by atoms with Crippen molar-refractivity contribution in [3.05, 3.63) is 131 Å². The van der Waals surface area contributed by atoms with Gasteiger partial charge in [0, 0.05) is 33.6 Å². The van der Waals surface area contributed by atoms with Gasteiger partial charge in [0.1, 0.15) is 19.6 Å². The zero-order valence-corrected chi connectivity index (χ0v) is 70.8. The minimum Gasteiger partial charge on any atom is -0.321 e. The molecule has 35 nitrogen and oxygen atoms in total. The van der Waals surface area contributed by atoms with Gasteiger partial charge in [-0.05, 0) is 109 Å². The second-order valence-electron chi connectivity index (χ2n) is 16.4. The summed E-state index contributed by atoms with van der Waals surface area (Å²) in [6, 6.07) is 7.77. The second kappa shape index (κ2) is 36.9. The van der Waals surface area contributed by atoms with E-state index in [-0.39, 0.29) is 261 Å². The van der Waals surface area contributed by atoms with Gasteiger partial charge in [-0.25, -0.2) is 4.79 Å². The van der Waals surface area contributed by atoms with Gasteiger partial charge in [-0.15, -0.1) is 0 Å². The third-order valence-corrected chi connectivity index (χ3v) is 17.5. The molecule has 0 aliphatic heterocycles. The Labute approximate surface area is 699 Å². The van der Waals surface area contributed by atoms with Gasteiger partial charge in [-0.2, -0.15) is 67.3 Å². The molecule has 0 saturated carbocycles. The Morgan fingerprint density at radius 1 is 0.239 bits per heavy atom. The summed E-state index contributed by atoms with van der Waals surface area (Å²) < 4.78 is 270. The van der Waals surface area contributed by atoms with E-state index in [4.69, 9.17) is 0 Å². The predicted octanol–water partition coefficient (Wildman–Crippen LogP) is -21.7. The molecule has 0 atom stereocenters. The monoisotopic (exact) mass is 1510 g/mol. The van der Waals surface area contributed by atoms with E-state index in [9.17, 15) is 128 Å². The fraction of sp³-hybridized carbons (Fsp3) is 0. The number of rotatable bonds is 18. The first-order chi connectivity index (χ1) is 38.2. The normalized spacial score (nSPS) is 11.5. The second-order valence-corrected chi connectivity index (χ2v) is 27.7. The van der Waals surface area contributed by atoms with Crippen LogP contribution in [-0.2, 0) is 80.9 Å². The molecule has 92 heavy (non-hydrogen) atoms. The maximum absolute atomic E-state index is 13.9. The van der Waals surface area contributed by atoms with Crippen LogP contribution in [0.3, 0.4) is 0 Å². The summed E-state index contributed by atoms with van der Waals surface area (Å²) in [6.45, 7) is 0. The van der Waals surface area contributed by atoms with E-state index in [0.717, 1.165) is 0 Å². The molecule has 0 radical (unpaired) electrons. The predicted molar refractivity (Wildman–Crippen MR) is 282 cm³/mol. The average Bonchev–Trinajstić information content (AvgIpc) is 3.33. The van der Waals surface area contributed by atoms with Gasteiger partial charge in [0.2, 0.25) is 0 Å². The van der Waals surface area contributed by atoms with Gasteiger partial charge in [0.25, 0.3) is 105 Å². The van der Waals surface area contributed by atoms with Crippen LogP contribution < -0.4 is 268 Å². The van der Waals surface area contributed by atoms with Crippen molar-refractivity contribution in [1.82, 2.24) is 0 Å². The first-order valence-corrected chi connectivity index (χ1v) is 32.7. The molecule has 0 bridgehead atoms. The maximum atomic E-state index is 13.9. The number of amides is 6. The van der Waals surface area contributed by atoms with Gasteiger partial charge in [-0.1, -0.05) is 0 Å². The Morgan fingerprint density at radius 2 is 0.413 bits per heavy atom. The zero-order chi connectivity index (χ0) is 63.2. The Bertz CT molecular complexity index is 4280. The summed E-state index contributed by atoms with van der Waals surface area (Å²) >= 11 is 0. The summed E-state index contributed by atoms with van der Waals surface area (Å²) in [7, 11) is -42.6.